The van der Waals surface area contributed by atoms with Gasteiger partial charge in [-0.05, 0) is 39.2 Å². The lowest BCUT2D eigenvalue weighted by Gasteiger charge is -2.24. The summed E-state index contributed by atoms with van der Waals surface area (Å²) in [5.74, 6) is -0.0420. The molecule has 1 aromatic rings. The molecule has 4 amide bonds. The summed E-state index contributed by atoms with van der Waals surface area (Å²) in [6.45, 7) is 6.04. The molecule has 10 nitrogen and oxygen atoms in total. The predicted molar refractivity (Wildman–Crippen MR) is 114 cm³/mol. The molecule has 1 aliphatic carbocycles. The topological polar surface area (TPSA) is 112 Å². The van der Waals surface area contributed by atoms with E-state index in [-0.39, 0.29) is 41.9 Å². The summed E-state index contributed by atoms with van der Waals surface area (Å²) in [5, 5.41) is 13.3. The smallest absolute Gasteiger partial charge is 0.315 e. The Balaban J connectivity index is 1.47. The summed E-state index contributed by atoms with van der Waals surface area (Å²) in [7, 11) is 1.88. The molecular formula is C21H33N7O3. The van der Waals surface area contributed by atoms with Crippen LogP contribution in [0.25, 0.3) is 0 Å². The van der Waals surface area contributed by atoms with E-state index in [9.17, 15) is 14.4 Å². The lowest BCUT2D eigenvalue weighted by Crippen LogP contribution is -2.52. The molecule has 0 bridgehead atoms. The van der Waals surface area contributed by atoms with E-state index in [4.69, 9.17) is 0 Å². The molecule has 2 saturated heterocycles. The van der Waals surface area contributed by atoms with Crippen molar-refractivity contribution in [3.05, 3.63) is 18.0 Å². The van der Waals surface area contributed by atoms with E-state index in [1.165, 1.54) is 0 Å². The van der Waals surface area contributed by atoms with Crippen molar-refractivity contribution in [1.82, 2.24) is 35.5 Å². The Kier molecular flexibility index (Phi) is 6.17. The van der Waals surface area contributed by atoms with E-state index in [0.29, 0.717) is 32.6 Å². The van der Waals surface area contributed by atoms with Gasteiger partial charge in [-0.2, -0.15) is 5.10 Å². The van der Waals surface area contributed by atoms with Gasteiger partial charge in [-0.15, -0.1) is 0 Å². The van der Waals surface area contributed by atoms with Crippen LogP contribution in [-0.4, -0.2) is 81.2 Å². The van der Waals surface area contributed by atoms with Crippen molar-refractivity contribution in [2.45, 2.75) is 63.8 Å². The first-order valence-corrected chi connectivity index (χ1v) is 11.2. The van der Waals surface area contributed by atoms with Crippen LogP contribution in [0.3, 0.4) is 0 Å². The summed E-state index contributed by atoms with van der Waals surface area (Å²) in [4.78, 5) is 42.0. The number of rotatable bonds is 6. The summed E-state index contributed by atoms with van der Waals surface area (Å²) in [6, 6.07) is 1.10. The summed E-state index contributed by atoms with van der Waals surface area (Å²) < 4.78 is 1.76. The van der Waals surface area contributed by atoms with Crippen LogP contribution in [0.4, 0.5) is 4.79 Å². The molecule has 170 valence electrons. The van der Waals surface area contributed by atoms with Crippen molar-refractivity contribution in [3.8, 4) is 0 Å². The van der Waals surface area contributed by atoms with E-state index in [1.807, 2.05) is 38.1 Å². The van der Waals surface area contributed by atoms with E-state index in [2.05, 4.69) is 25.9 Å². The second-order valence-corrected chi connectivity index (χ2v) is 9.36. The van der Waals surface area contributed by atoms with Gasteiger partial charge in [0.15, 0.2) is 0 Å². The second kappa shape index (κ2) is 8.86. The molecule has 0 unspecified atom stereocenters. The molecule has 4 rings (SSSR count). The number of aryl methyl sites for hydroxylation is 1. The monoisotopic (exact) mass is 431 g/mol. The second-order valence-electron chi connectivity index (χ2n) is 9.36. The molecule has 0 aromatic carbocycles. The van der Waals surface area contributed by atoms with Crippen LogP contribution in [0.5, 0.6) is 0 Å². The van der Waals surface area contributed by atoms with Gasteiger partial charge >= 0.3 is 6.03 Å². The van der Waals surface area contributed by atoms with Crippen molar-refractivity contribution in [2.24, 2.45) is 13.0 Å². The van der Waals surface area contributed by atoms with E-state index in [0.717, 1.165) is 18.5 Å². The first kappa shape index (κ1) is 21.6. The molecule has 0 radical (unpaired) electrons. The molecule has 1 saturated carbocycles. The van der Waals surface area contributed by atoms with Crippen LogP contribution in [0, 0.1) is 5.92 Å². The third-order valence-corrected chi connectivity index (χ3v) is 6.08. The summed E-state index contributed by atoms with van der Waals surface area (Å²) in [6.07, 6.45) is 4.39. The van der Waals surface area contributed by atoms with Crippen LogP contribution < -0.4 is 16.0 Å². The Hall–Kier alpha value is -2.62. The quantitative estimate of drug-likeness (QED) is 0.578. The fourth-order valence-electron chi connectivity index (χ4n) is 4.51. The highest BCUT2D eigenvalue weighted by atomic mass is 16.2. The van der Waals surface area contributed by atoms with Crippen LogP contribution in [0.15, 0.2) is 12.3 Å². The molecule has 3 fully saturated rings. The fraction of sp³-hybridized carbons (Fsp3) is 0.714. The highest BCUT2D eigenvalue weighted by molar-refractivity contribution is 5.90. The molecule has 2 aliphatic heterocycles. The number of aromatic nitrogens is 2. The Morgan fingerprint density at radius 3 is 2.61 bits per heavy atom. The van der Waals surface area contributed by atoms with Gasteiger partial charge in [-0.1, -0.05) is 0 Å². The molecule has 3 N–H and O–H groups in total. The minimum Gasteiger partial charge on any atom is -0.343 e. The molecule has 0 spiro atoms. The van der Waals surface area contributed by atoms with Gasteiger partial charge in [0.05, 0.1) is 11.7 Å². The molecular weight excluding hydrogens is 398 g/mol. The zero-order valence-electron chi connectivity index (χ0n) is 18.5. The van der Waals surface area contributed by atoms with Gasteiger partial charge < -0.3 is 20.9 Å². The van der Waals surface area contributed by atoms with Crippen LogP contribution >= 0.6 is 0 Å². The molecule has 3 heterocycles. The summed E-state index contributed by atoms with van der Waals surface area (Å²) >= 11 is 0. The predicted octanol–water partition coefficient (Wildman–Crippen LogP) is -0.192. The van der Waals surface area contributed by atoms with Gasteiger partial charge in [-0.25, -0.2) is 4.79 Å². The van der Waals surface area contributed by atoms with Crippen LogP contribution in [0.1, 0.15) is 38.8 Å². The molecule has 10 heteroatoms. The third-order valence-electron chi connectivity index (χ3n) is 6.08. The number of nitrogens with zero attached hydrogens (tertiary/aromatic N) is 4. The van der Waals surface area contributed by atoms with Gasteiger partial charge in [0.2, 0.25) is 11.8 Å². The zero-order chi connectivity index (χ0) is 22.1. The van der Waals surface area contributed by atoms with Gasteiger partial charge in [-0.3, -0.25) is 19.2 Å². The Bertz CT molecular complexity index is 835. The number of urea groups is 1. The van der Waals surface area contributed by atoms with Crippen molar-refractivity contribution in [2.75, 3.05) is 19.6 Å². The molecule has 3 atom stereocenters. The lowest BCUT2D eigenvalue weighted by molar-refractivity contribution is -0.136. The number of hydrogen-bond acceptors (Lipinski definition) is 5. The third kappa shape index (κ3) is 5.36. The van der Waals surface area contributed by atoms with Crippen LogP contribution in [-0.2, 0) is 23.2 Å². The lowest BCUT2D eigenvalue weighted by atomic mass is 10.1. The number of amides is 4. The number of carbonyl (C=O) groups is 3. The SMILES string of the molecule is CC(C)NC(=O)N[C@H]1C[C@H]2CN(Cc3ccn(C)n3)C[C@H](NC(=O)C3CC3)C(=O)N2C1. The number of nitrogens with one attached hydrogen (secondary N) is 3. The highest BCUT2D eigenvalue weighted by Gasteiger charge is 2.44. The molecule has 1 aromatic heterocycles. The number of fused-ring (bicyclic) bond motifs is 1. The fourth-order valence-corrected chi connectivity index (χ4v) is 4.51. The van der Waals surface area contributed by atoms with Crippen molar-refractivity contribution < 1.29 is 14.4 Å². The first-order valence-electron chi connectivity index (χ1n) is 11.2. The Labute approximate surface area is 182 Å². The molecule has 3 aliphatic rings. The minimum absolute atomic E-state index is 0.0108. The normalized spacial score (nSPS) is 26.5. The van der Waals surface area contributed by atoms with Gasteiger partial charge in [0.25, 0.3) is 0 Å². The average molecular weight is 432 g/mol. The number of hydrogen-bond donors (Lipinski definition) is 3. The minimum atomic E-state index is -0.579. The van der Waals surface area contributed by atoms with E-state index >= 15 is 0 Å². The zero-order valence-corrected chi connectivity index (χ0v) is 18.5. The highest BCUT2D eigenvalue weighted by Crippen LogP contribution is 2.30. The first-order chi connectivity index (χ1) is 14.8. The van der Waals surface area contributed by atoms with Crippen molar-refractivity contribution in [3.63, 3.8) is 0 Å². The standard InChI is InChI=1S/C21H33N7O3/c1-13(2)22-21(31)23-16-8-17-11-27(9-15-6-7-26(3)25-15)12-18(20(30)28(17)10-16)24-19(29)14-4-5-14/h6-7,13-14,16-18H,4-5,8-12H2,1-3H3,(H,24,29)(H2,22,23,31)/t16-,17-,18-/m0/s1. The maximum absolute atomic E-state index is 13.4. The maximum Gasteiger partial charge on any atom is 0.315 e. The summed E-state index contributed by atoms with van der Waals surface area (Å²) in [5.41, 5.74) is 0.930. The maximum atomic E-state index is 13.4. The van der Waals surface area contributed by atoms with Crippen molar-refractivity contribution in [1.29, 1.82) is 0 Å². The average Bonchev–Trinajstić information content (AvgIpc) is 3.37. The van der Waals surface area contributed by atoms with Crippen LogP contribution in [0.2, 0.25) is 0 Å². The Morgan fingerprint density at radius 2 is 1.97 bits per heavy atom. The Morgan fingerprint density at radius 1 is 1.19 bits per heavy atom. The largest absolute Gasteiger partial charge is 0.343 e. The number of carbonyl (C=O) groups excluding carboxylic acids is 3. The van der Waals surface area contributed by atoms with Crippen molar-refractivity contribution >= 4 is 17.8 Å². The van der Waals surface area contributed by atoms with Gasteiger partial charge in [0.1, 0.15) is 6.04 Å². The van der Waals surface area contributed by atoms with E-state index < -0.39 is 6.04 Å². The molecule has 31 heavy (non-hydrogen) atoms. The van der Waals surface area contributed by atoms with E-state index in [1.54, 1.807) is 4.68 Å². The van der Waals surface area contributed by atoms with Gasteiger partial charge in [0, 0.05) is 57.4 Å².